The molecule has 3 aromatic rings. The number of aryl methyl sites for hydroxylation is 1. The molecule has 0 bridgehead atoms. The van der Waals surface area contributed by atoms with Crippen LogP contribution in [0.15, 0.2) is 48.5 Å². The van der Waals surface area contributed by atoms with E-state index in [0.717, 1.165) is 6.42 Å². The molecule has 5 heteroatoms. The van der Waals surface area contributed by atoms with E-state index in [1.165, 1.54) is 31.7 Å². The second-order valence-electron chi connectivity index (χ2n) is 6.02. The van der Waals surface area contributed by atoms with Gasteiger partial charge in [0.25, 0.3) is 0 Å². The minimum Gasteiger partial charge on any atom is -0.480 e. The molecule has 130 valence electrons. The number of nitrogens with one attached hydrogen (secondary N) is 1. The monoisotopic (exact) mass is 354 g/mol. The maximum absolute atomic E-state index is 10.8. The maximum Gasteiger partial charge on any atom is 0.321 e. The van der Waals surface area contributed by atoms with Gasteiger partial charge in [0.2, 0.25) is 0 Å². The summed E-state index contributed by atoms with van der Waals surface area (Å²) in [7, 11) is 0. The SMILES string of the molecule is CCc1ccccc1-c1cccc2sc(CNCC(N)C(=O)O)cc12. The van der Waals surface area contributed by atoms with Crippen LogP contribution in [-0.2, 0) is 17.8 Å². The minimum atomic E-state index is -0.984. The number of aliphatic carboxylic acids is 1. The van der Waals surface area contributed by atoms with Gasteiger partial charge in [0, 0.05) is 28.1 Å². The Balaban J connectivity index is 1.87. The molecule has 2 aromatic carbocycles. The normalized spacial score (nSPS) is 12.4. The summed E-state index contributed by atoms with van der Waals surface area (Å²) in [4.78, 5) is 12.0. The molecule has 1 heterocycles. The van der Waals surface area contributed by atoms with E-state index in [1.807, 2.05) is 0 Å². The topological polar surface area (TPSA) is 75.3 Å². The van der Waals surface area contributed by atoms with E-state index in [4.69, 9.17) is 10.8 Å². The van der Waals surface area contributed by atoms with Crippen LogP contribution in [-0.4, -0.2) is 23.7 Å². The third-order valence-electron chi connectivity index (χ3n) is 4.28. The highest BCUT2D eigenvalue weighted by molar-refractivity contribution is 7.19. The van der Waals surface area contributed by atoms with Gasteiger partial charge in [-0.15, -0.1) is 11.3 Å². The van der Waals surface area contributed by atoms with E-state index in [-0.39, 0.29) is 6.54 Å². The Morgan fingerprint density at radius 3 is 2.72 bits per heavy atom. The largest absolute Gasteiger partial charge is 0.480 e. The van der Waals surface area contributed by atoms with Gasteiger partial charge in [0.05, 0.1) is 0 Å². The first kappa shape index (κ1) is 17.6. The van der Waals surface area contributed by atoms with Crippen LogP contribution in [0.25, 0.3) is 21.2 Å². The standard InChI is InChI=1S/C20H22N2O2S/c1-2-13-6-3-4-7-15(13)16-8-5-9-19-17(16)10-14(25-19)11-22-12-18(21)20(23)24/h3-10,18,22H,2,11-12,21H2,1H3,(H,23,24). The molecule has 0 aliphatic carbocycles. The summed E-state index contributed by atoms with van der Waals surface area (Å²) in [6.45, 7) is 3.05. The van der Waals surface area contributed by atoms with Crippen LogP contribution >= 0.6 is 11.3 Å². The summed E-state index contributed by atoms with van der Waals surface area (Å²) in [5.74, 6) is -0.984. The Morgan fingerprint density at radius 1 is 1.20 bits per heavy atom. The quantitative estimate of drug-likeness (QED) is 0.606. The molecule has 0 aliphatic heterocycles. The zero-order chi connectivity index (χ0) is 17.8. The van der Waals surface area contributed by atoms with Crippen molar-refractivity contribution in [3.05, 3.63) is 59.0 Å². The lowest BCUT2D eigenvalue weighted by Crippen LogP contribution is -2.39. The molecule has 3 rings (SSSR count). The zero-order valence-electron chi connectivity index (χ0n) is 14.2. The van der Waals surface area contributed by atoms with E-state index in [2.05, 4.69) is 60.8 Å². The van der Waals surface area contributed by atoms with Crippen molar-refractivity contribution in [1.82, 2.24) is 5.32 Å². The van der Waals surface area contributed by atoms with Crippen molar-refractivity contribution in [3.8, 4) is 11.1 Å². The molecule has 1 aromatic heterocycles. The van der Waals surface area contributed by atoms with E-state index in [0.29, 0.717) is 6.54 Å². The lowest BCUT2D eigenvalue weighted by molar-refractivity contribution is -0.138. The van der Waals surface area contributed by atoms with E-state index in [1.54, 1.807) is 11.3 Å². The first-order chi connectivity index (χ1) is 12.1. The van der Waals surface area contributed by atoms with Gasteiger partial charge in [-0.25, -0.2) is 0 Å². The molecule has 0 amide bonds. The van der Waals surface area contributed by atoms with Crippen molar-refractivity contribution in [1.29, 1.82) is 0 Å². The van der Waals surface area contributed by atoms with Crippen LogP contribution in [0.3, 0.4) is 0 Å². The molecular formula is C20H22N2O2S. The summed E-state index contributed by atoms with van der Waals surface area (Å²) in [5.41, 5.74) is 9.40. The fraction of sp³-hybridized carbons (Fsp3) is 0.250. The molecule has 4 N–H and O–H groups in total. The Labute approximate surface area is 151 Å². The summed E-state index contributed by atoms with van der Waals surface area (Å²) < 4.78 is 1.24. The van der Waals surface area contributed by atoms with Crippen molar-refractivity contribution >= 4 is 27.4 Å². The van der Waals surface area contributed by atoms with E-state index < -0.39 is 12.0 Å². The molecule has 0 radical (unpaired) electrons. The lowest BCUT2D eigenvalue weighted by atomic mass is 9.96. The molecule has 0 aliphatic rings. The van der Waals surface area contributed by atoms with Crippen molar-refractivity contribution in [3.63, 3.8) is 0 Å². The van der Waals surface area contributed by atoms with E-state index >= 15 is 0 Å². The average Bonchev–Trinajstić information content (AvgIpc) is 3.04. The van der Waals surface area contributed by atoms with Gasteiger partial charge in [-0.1, -0.05) is 43.3 Å². The van der Waals surface area contributed by atoms with Gasteiger partial charge < -0.3 is 16.2 Å². The Morgan fingerprint density at radius 2 is 1.96 bits per heavy atom. The average molecular weight is 354 g/mol. The summed E-state index contributed by atoms with van der Waals surface area (Å²) in [6, 6.07) is 16.2. The molecule has 0 fully saturated rings. The highest BCUT2D eigenvalue weighted by Gasteiger charge is 2.12. The molecule has 0 spiro atoms. The van der Waals surface area contributed by atoms with E-state index in [9.17, 15) is 4.79 Å². The Kier molecular flexibility index (Phi) is 5.48. The molecule has 25 heavy (non-hydrogen) atoms. The summed E-state index contributed by atoms with van der Waals surface area (Å²) in [6.07, 6.45) is 0.998. The van der Waals surface area contributed by atoms with Gasteiger partial charge in [-0.3, -0.25) is 4.79 Å². The fourth-order valence-corrected chi connectivity index (χ4v) is 4.02. The molecule has 0 saturated carbocycles. The van der Waals surface area contributed by atoms with Gasteiger partial charge in [-0.05, 0) is 35.2 Å². The van der Waals surface area contributed by atoms with Gasteiger partial charge >= 0.3 is 5.97 Å². The maximum atomic E-state index is 10.8. The van der Waals surface area contributed by atoms with Crippen molar-refractivity contribution in [2.24, 2.45) is 5.73 Å². The first-order valence-corrected chi connectivity index (χ1v) is 9.20. The van der Waals surface area contributed by atoms with Crippen molar-refractivity contribution in [2.45, 2.75) is 25.9 Å². The number of carbonyl (C=O) groups is 1. The fourth-order valence-electron chi connectivity index (χ4n) is 2.97. The third-order valence-corrected chi connectivity index (χ3v) is 5.38. The smallest absolute Gasteiger partial charge is 0.321 e. The lowest BCUT2D eigenvalue weighted by Gasteiger charge is -2.09. The van der Waals surface area contributed by atoms with Crippen LogP contribution < -0.4 is 11.1 Å². The van der Waals surface area contributed by atoms with Gasteiger partial charge in [-0.2, -0.15) is 0 Å². The number of thiophene rings is 1. The minimum absolute atomic E-state index is 0.259. The highest BCUT2D eigenvalue weighted by Crippen LogP contribution is 2.35. The predicted molar refractivity (Wildman–Crippen MR) is 104 cm³/mol. The van der Waals surface area contributed by atoms with Crippen LogP contribution in [0.2, 0.25) is 0 Å². The van der Waals surface area contributed by atoms with Crippen molar-refractivity contribution < 1.29 is 9.90 Å². The highest BCUT2D eigenvalue weighted by atomic mass is 32.1. The first-order valence-electron chi connectivity index (χ1n) is 8.39. The number of fused-ring (bicyclic) bond motifs is 1. The van der Waals surface area contributed by atoms with Gasteiger partial charge in [0.1, 0.15) is 6.04 Å². The number of nitrogens with two attached hydrogens (primary N) is 1. The molecule has 0 saturated heterocycles. The second kappa shape index (κ2) is 7.78. The predicted octanol–water partition coefficient (Wildman–Crippen LogP) is 3.63. The zero-order valence-corrected chi connectivity index (χ0v) is 15.0. The van der Waals surface area contributed by atoms with Crippen molar-refractivity contribution in [2.75, 3.05) is 6.54 Å². The summed E-state index contributed by atoms with van der Waals surface area (Å²) >= 11 is 1.73. The number of carboxylic acid groups (broad SMARTS) is 1. The molecule has 1 atom stereocenters. The second-order valence-corrected chi connectivity index (χ2v) is 7.18. The number of carboxylic acids is 1. The van der Waals surface area contributed by atoms with Crippen LogP contribution in [0.4, 0.5) is 0 Å². The number of rotatable bonds is 7. The van der Waals surface area contributed by atoms with Crippen LogP contribution in [0.5, 0.6) is 0 Å². The molecule has 4 nitrogen and oxygen atoms in total. The van der Waals surface area contributed by atoms with Crippen LogP contribution in [0.1, 0.15) is 17.4 Å². The Hall–Kier alpha value is -2.21. The number of hydrogen-bond acceptors (Lipinski definition) is 4. The third kappa shape index (κ3) is 3.90. The number of hydrogen-bond donors (Lipinski definition) is 3. The summed E-state index contributed by atoms with van der Waals surface area (Å²) in [5, 5.41) is 13.2. The van der Waals surface area contributed by atoms with Gasteiger partial charge in [0.15, 0.2) is 0 Å². The molecule has 1 unspecified atom stereocenters. The number of benzene rings is 2. The Bertz CT molecular complexity index is 888. The molecular weight excluding hydrogens is 332 g/mol. The van der Waals surface area contributed by atoms with Crippen LogP contribution in [0, 0.1) is 0 Å².